The van der Waals surface area contributed by atoms with Gasteiger partial charge in [-0.15, -0.1) is 5.10 Å². The van der Waals surface area contributed by atoms with Crippen LogP contribution in [0.1, 0.15) is 18.5 Å². The van der Waals surface area contributed by atoms with Crippen LogP contribution >= 0.6 is 11.6 Å². The third-order valence-corrected chi connectivity index (χ3v) is 3.39. The average Bonchev–Trinajstić information content (AvgIpc) is 3.07. The van der Waals surface area contributed by atoms with Gasteiger partial charge in [-0.1, -0.05) is 35.9 Å². The SMILES string of the molecule is CCc1c(N)nnn1Cc1ncc(-c2cccc(Cl)c2)o1. The summed E-state index contributed by atoms with van der Waals surface area (Å²) >= 11 is 5.98. The molecule has 2 aromatic heterocycles. The van der Waals surface area contributed by atoms with Crippen molar-refractivity contribution in [2.45, 2.75) is 19.9 Å². The number of hydrogen-bond acceptors (Lipinski definition) is 5. The average molecular weight is 304 g/mol. The molecule has 0 saturated heterocycles. The van der Waals surface area contributed by atoms with Crippen LogP contribution < -0.4 is 5.73 Å². The molecule has 108 valence electrons. The second-order valence-corrected chi connectivity index (χ2v) is 5.00. The molecule has 2 N–H and O–H groups in total. The number of hydrogen-bond donors (Lipinski definition) is 1. The van der Waals surface area contributed by atoms with E-state index < -0.39 is 0 Å². The van der Waals surface area contributed by atoms with Crippen LogP contribution in [0, 0.1) is 0 Å². The number of benzene rings is 1. The first-order valence-electron chi connectivity index (χ1n) is 6.56. The lowest BCUT2D eigenvalue weighted by molar-refractivity contribution is 0.463. The van der Waals surface area contributed by atoms with E-state index in [-0.39, 0.29) is 0 Å². The van der Waals surface area contributed by atoms with Crippen molar-refractivity contribution >= 4 is 17.4 Å². The normalized spacial score (nSPS) is 11.0. The highest BCUT2D eigenvalue weighted by Crippen LogP contribution is 2.23. The van der Waals surface area contributed by atoms with Crippen LogP contribution in [0.4, 0.5) is 5.82 Å². The first-order chi connectivity index (χ1) is 10.2. The lowest BCUT2D eigenvalue weighted by Gasteiger charge is -2.01. The van der Waals surface area contributed by atoms with E-state index in [4.69, 9.17) is 21.8 Å². The molecule has 0 aliphatic rings. The summed E-state index contributed by atoms with van der Waals surface area (Å²) in [6.45, 7) is 2.40. The summed E-state index contributed by atoms with van der Waals surface area (Å²) in [4.78, 5) is 4.26. The quantitative estimate of drug-likeness (QED) is 0.801. The van der Waals surface area contributed by atoms with Gasteiger partial charge >= 0.3 is 0 Å². The second-order valence-electron chi connectivity index (χ2n) is 4.56. The van der Waals surface area contributed by atoms with Gasteiger partial charge < -0.3 is 10.2 Å². The predicted molar refractivity (Wildman–Crippen MR) is 79.9 cm³/mol. The van der Waals surface area contributed by atoms with Gasteiger partial charge in [-0.3, -0.25) is 0 Å². The maximum absolute atomic E-state index is 5.98. The summed E-state index contributed by atoms with van der Waals surface area (Å²) in [6, 6.07) is 7.43. The number of rotatable bonds is 4. The van der Waals surface area contributed by atoms with E-state index in [9.17, 15) is 0 Å². The van der Waals surface area contributed by atoms with Gasteiger partial charge in [-0.05, 0) is 18.6 Å². The van der Waals surface area contributed by atoms with Gasteiger partial charge in [-0.25, -0.2) is 9.67 Å². The first kappa shape index (κ1) is 13.6. The molecule has 0 radical (unpaired) electrons. The highest BCUT2D eigenvalue weighted by atomic mass is 35.5. The molecule has 6 nitrogen and oxygen atoms in total. The Morgan fingerprint density at radius 3 is 3.00 bits per heavy atom. The Morgan fingerprint density at radius 1 is 1.38 bits per heavy atom. The zero-order chi connectivity index (χ0) is 14.8. The van der Waals surface area contributed by atoms with Gasteiger partial charge in [0.05, 0.1) is 11.9 Å². The Bertz CT molecular complexity index is 764. The van der Waals surface area contributed by atoms with Gasteiger partial charge in [-0.2, -0.15) is 0 Å². The fourth-order valence-electron chi connectivity index (χ4n) is 2.12. The molecular formula is C14H14ClN5O. The van der Waals surface area contributed by atoms with Crippen molar-refractivity contribution in [2.24, 2.45) is 0 Å². The number of oxazole rings is 1. The number of aromatic nitrogens is 4. The topological polar surface area (TPSA) is 82.8 Å². The van der Waals surface area contributed by atoms with Gasteiger partial charge in [0.2, 0.25) is 5.89 Å². The molecule has 0 atom stereocenters. The van der Waals surface area contributed by atoms with E-state index >= 15 is 0 Å². The molecule has 21 heavy (non-hydrogen) atoms. The molecule has 0 fully saturated rings. The van der Waals surface area contributed by atoms with Crippen LogP contribution in [0.5, 0.6) is 0 Å². The fourth-order valence-corrected chi connectivity index (χ4v) is 2.31. The van der Waals surface area contributed by atoms with Crippen LogP contribution in [0.3, 0.4) is 0 Å². The van der Waals surface area contributed by atoms with Crippen molar-refractivity contribution in [2.75, 3.05) is 5.73 Å². The zero-order valence-corrected chi connectivity index (χ0v) is 12.2. The highest BCUT2D eigenvalue weighted by molar-refractivity contribution is 6.30. The van der Waals surface area contributed by atoms with Crippen LogP contribution in [0.15, 0.2) is 34.9 Å². The van der Waals surface area contributed by atoms with E-state index in [1.165, 1.54) is 0 Å². The highest BCUT2D eigenvalue weighted by Gasteiger charge is 2.12. The minimum Gasteiger partial charge on any atom is -0.439 e. The summed E-state index contributed by atoms with van der Waals surface area (Å²) in [7, 11) is 0. The Balaban J connectivity index is 1.85. The van der Waals surface area contributed by atoms with E-state index in [0.717, 1.165) is 17.7 Å². The van der Waals surface area contributed by atoms with Crippen LogP contribution in [-0.2, 0) is 13.0 Å². The largest absolute Gasteiger partial charge is 0.439 e. The van der Waals surface area contributed by atoms with Crippen molar-refractivity contribution in [3.8, 4) is 11.3 Å². The van der Waals surface area contributed by atoms with Gasteiger partial charge in [0.15, 0.2) is 11.6 Å². The monoisotopic (exact) mass is 303 g/mol. The van der Waals surface area contributed by atoms with Gasteiger partial charge in [0.25, 0.3) is 0 Å². The first-order valence-corrected chi connectivity index (χ1v) is 6.93. The molecular weight excluding hydrogens is 290 g/mol. The van der Waals surface area contributed by atoms with Crippen LogP contribution in [-0.4, -0.2) is 20.0 Å². The maximum atomic E-state index is 5.98. The number of nitrogen functional groups attached to an aromatic ring is 1. The third kappa shape index (κ3) is 2.75. The molecule has 0 spiro atoms. The van der Waals surface area contributed by atoms with Crippen molar-refractivity contribution in [3.05, 3.63) is 47.1 Å². The molecule has 0 aliphatic carbocycles. The van der Waals surface area contributed by atoms with E-state index in [1.54, 1.807) is 10.9 Å². The number of nitrogens with zero attached hydrogens (tertiary/aromatic N) is 4. The number of nitrogens with two attached hydrogens (primary N) is 1. The maximum Gasteiger partial charge on any atom is 0.216 e. The summed E-state index contributed by atoms with van der Waals surface area (Å²) in [5, 5.41) is 8.52. The summed E-state index contributed by atoms with van der Waals surface area (Å²) in [5.41, 5.74) is 7.52. The number of halogens is 1. The Morgan fingerprint density at radius 2 is 2.24 bits per heavy atom. The minimum atomic E-state index is 0.397. The molecule has 7 heteroatoms. The molecule has 0 saturated carbocycles. The zero-order valence-electron chi connectivity index (χ0n) is 11.5. The lowest BCUT2D eigenvalue weighted by atomic mass is 10.2. The molecule has 0 aliphatic heterocycles. The molecule has 0 unspecified atom stereocenters. The van der Waals surface area contributed by atoms with E-state index in [0.29, 0.717) is 29.0 Å². The lowest BCUT2D eigenvalue weighted by Crippen LogP contribution is -2.06. The summed E-state index contributed by atoms with van der Waals surface area (Å²) in [5.74, 6) is 1.65. The van der Waals surface area contributed by atoms with Crippen molar-refractivity contribution in [1.82, 2.24) is 20.0 Å². The summed E-state index contributed by atoms with van der Waals surface area (Å²) < 4.78 is 7.44. The summed E-state index contributed by atoms with van der Waals surface area (Å²) in [6.07, 6.45) is 2.42. The number of anilines is 1. The Labute approximate surface area is 126 Å². The molecule has 0 bridgehead atoms. The molecule has 3 rings (SSSR count). The van der Waals surface area contributed by atoms with Crippen molar-refractivity contribution in [3.63, 3.8) is 0 Å². The molecule has 0 amide bonds. The Hall–Kier alpha value is -2.34. The molecule has 1 aromatic carbocycles. The van der Waals surface area contributed by atoms with Crippen molar-refractivity contribution in [1.29, 1.82) is 0 Å². The standard InChI is InChI=1S/C14H14ClN5O/c1-2-11-14(16)18-19-20(11)8-13-17-7-12(21-13)9-4-3-5-10(15)6-9/h3-7H,2,8,16H2,1H3. The molecule has 3 aromatic rings. The third-order valence-electron chi connectivity index (χ3n) is 3.15. The predicted octanol–water partition coefficient (Wildman–Crippen LogP) is 2.78. The van der Waals surface area contributed by atoms with Gasteiger partial charge in [0, 0.05) is 10.6 Å². The smallest absolute Gasteiger partial charge is 0.216 e. The fraction of sp³-hybridized carbons (Fsp3) is 0.214. The Kier molecular flexibility index (Phi) is 3.62. The minimum absolute atomic E-state index is 0.397. The molecule has 2 heterocycles. The second kappa shape index (κ2) is 5.57. The van der Waals surface area contributed by atoms with E-state index in [1.807, 2.05) is 31.2 Å². The van der Waals surface area contributed by atoms with Crippen LogP contribution in [0.25, 0.3) is 11.3 Å². The van der Waals surface area contributed by atoms with Crippen LogP contribution in [0.2, 0.25) is 5.02 Å². The van der Waals surface area contributed by atoms with E-state index in [2.05, 4.69) is 15.3 Å². The van der Waals surface area contributed by atoms with Crippen molar-refractivity contribution < 1.29 is 4.42 Å². The van der Waals surface area contributed by atoms with Gasteiger partial charge in [0.1, 0.15) is 6.54 Å².